The van der Waals surface area contributed by atoms with Crippen molar-refractivity contribution in [2.75, 3.05) is 31.8 Å². The number of methoxy groups -OCH3 is 1. The van der Waals surface area contributed by atoms with Crippen LogP contribution in [0.2, 0.25) is 0 Å². The second-order valence-electron chi connectivity index (χ2n) is 11.6. The summed E-state index contributed by atoms with van der Waals surface area (Å²) in [7, 11) is -6.13. The van der Waals surface area contributed by atoms with Gasteiger partial charge in [0.1, 0.15) is 62.0 Å². The van der Waals surface area contributed by atoms with E-state index in [1.165, 1.54) is 31.5 Å². The third-order valence-corrected chi connectivity index (χ3v) is 11.5. The van der Waals surface area contributed by atoms with Crippen molar-refractivity contribution in [2.24, 2.45) is 0 Å². The molecular formula is C27H34N10Na2O11P2S+2. The molecule has 274 valence electrons. The predicted octanol–water partition coefficient (Wildman–Crippen LogP) is -4.44. The van der Waals surface area contributed by atoms with Gasteiger partial charge in [0.2, 0.25) is 0 Å². The van der Waals surface area contributed by atoms with Crippen LogP contribution in [0, 0.1) is 0 Å². The van der Waals surface area contributed by atoms with E-state index in [1.807, 2.05) is 30.3 Å². The van der Waals surface area contributed by atoms with Gasteiger partial charge in [-0.2, -0.15) is 28.6 Å². The zero-order chi connectivity index (χ0) is 35.5. The summed E-state index contributed by atoms with van der Waals surface area (Å²) in [5, 5.41) is 0.573. The first-order chi connectivity index (χ1) is 24.5. The van der Waals surface area contributed by atoms with Crippen LogP contribution in [-0.2, 0) is 32.3 Å². The zero-order valence-corrected chi connectivity index (χ0v) is 35.1. The van der Waals surface area contributed by atoms with Gasteiger partial charge in [0.05, 0.1) is 6.33 Å². The first-order valence-electron chi connectivity index (χ1n) is 15.3. The molecule has 8 N–H and O–H groups in total. The molecule has 0 amide bonds. The number of benzene rings is 1. The number of fused-ring (bicyclic) bond motifs is 4. The smallest absolute Gasteiger partial charge is 1.00 e. The molecule has 4 saturated heterocycles. The summed E-state index contributed by atoms with van der Waals surface area (Å²) in [6.07, 6.45) is 0.860. The first kappa shape index (κ1) is 41.3. The molecule has 0 bridgehead atoms. The Morgan fingerprint density at radius 3 is 2.21 bits per heavy atom. The van der Waals surface area contributed by atoms with Crippen LogP contribution in [0.15, 0.2) is 59.4 Å². The Hall–Kier alpha value is -1.31. The van der Waals surface area contributed by atoms with Gasteiger partial charge in [-0.3, -0.25) is 9.13 Å². The molecule has 4 fully saturated rings. The van der Waals surface area contributed by atoms with E-state index in [1.54, 1.807) is 15.5 Å². The van der Waals surface area contributed by atoms with Gasteiger partial charge in [-0.05, 0) is 12.1 Å². The molecule has 0 spiro atoms. The molecule has 0 saturated carbocycles. The van der Waals surface area contributed by atoms with Crippen LogP contribution in [0.5, 0.6) is 0 Å². The predicted molar refractivity (Wildman–Crippen MR) is 180 cm³/mol. The van der Waals surface area contributed by atoms with Gasteiger partial charge in [-0.15, -0.1) is 9.05 Å². The third kappa shape index (κ3) is 8.39. The fourth-order valence-electron chi connectivity index (χ4n) is 6.18. The number of nitrogens with two attached hydrogens (primary N) is 2. The van der Waals surface area contributed by atoms with Gasteiger partial charge < -0.3 is 28.5 Å². The fourth-order valence-corrected chi connectivity index (χ4v) is 9.06. The fraction of sp³-hybridized carbons (Fsp3) is 0.407. The molecule has 4 aliphatic heterocycles. The Labute approximate surface area is 352 Å². The Kier molecular flexibility index (Phi) is 13.0. The summed E-state index contributed by atoms with van der Waals surface area (Å²) in [4.78, 5) is 64.8. The Morgan fingerprint density at radius 2 is 1.49 bits per heavy atom. The van der Waals surface area contributed by atoms with Crippen molar-refractivity contribution in [1.29, 1.82) is 0 Å². The number of hydrogen-bond acceptors (Lipinski definition) is 20. The summed E-state index contributed by atoms with van der Waals surface area (Å²) in [6, 6.07) is 9.70. The van der Waals surface area contributed by atoms with Crippen molar-refractivity contribution in [2.45, 2.75) is 59.4 Å². The first-order valence-corrected chi connectivity index (χ1v) is 19.2. The van der Waals surface area contributed by atoms with Crippen molar-refractivity contribution < 1.29 is 114 Å². The summed E-state index contributed by atoms with van der Waals surface area (Å²) in [5.41, 5.74) is 13.7. The minimum atomic E-state index is -3.92. The molecule has 26 heteroatoms. The van der Waals surface area contributed by atoms with E-state index in [2.05, 4.69) is 29.9 Å². The number of aromatic nitrogens is 8. The van der Waals surface area contributed by atoms with Gasteiger partial charge in [0, 0.05) is 18.4 Å². The molecule has 0 aliphatic carbocycles. The van der Waals surface area contributed by atoms with Gasteiger partial charge >= 0.3 is 75.5 Å². The molecule has 9 rings (SSSR count). The molecule has 7 atom stereocenters. The van der Waals surface area contributed by atoms with Crippen molar-refractivity contribution in [3.05, 3.63) is 49.3 Å². The summed E-state index contributed by atoms with van der Waals surface area (Å²) >= 11 is 1.41. The molecule has 53 heavy (non-hydrogen) atoms. The molecule has 4 aliphatic rings. The van der Waals surface area contributed by atoms with E-state index in [0.29, 0.717) is 39.7 Å². The molecule has 8 heterocycles. The summed E-state index contributed by atoms with van der Waals surface area (Å²) < 4.78 is 41.5. The second kappa shape index (κ2) is 16.7. The van der Waals surface area contributed by atoms with E-state index in [4.69, 9.17) is 43.8 Å². The van der Waals surface area contributed by atoms with Crippen LogP contribution in [0.25, 0.3) is 22.3 Å². The summed E-state index contributed by atoms with van der Waals surface area (Å²) in [6.45, 7) is 0.0401. The van der Waals surface area contributed by atoms with Crippen molar-refractivity contribution in [3.8, 4) is 0 Å². The van der Waals surface area contributed by atoms with Gasteiger partial charge in [-0.25, -0.2) is 29.9 Å². The number of imidazole rings is 2. The van der Waals surface area contributed by atoms with Crippen LogP contribution in [-0.4, -0.2) is 109 Å². The number of hydrogen-bond donors (Lipinski definition) is 6. The van der Waals surface area contributed by atoms with Gasteiger partial charge in [-0.1, -0.05) is 30.0 Å². The maximum absolute atomic E-state index is 9.86. The van der Waals surface area contributed by atoms with E-state index < -0.39 is 47.0 Å². The van der Waals surface area contributed by atoms with E-state index >= 15 is 0 Å². The SMILES string of the molecule is COC1[C@H](n2c(Sc3ccccc3)nc3c(N)ncnc32)O[C@@H]2CO[P+](O)(O)O[C@@H]12.Nc1ncnc2c1ncn2C1C[C@@H]2O[P+](O)(O)OC[C@H]2O1.[H-].[H-].[Na+].[Na+]. The molecule has 4 aromatic heterocycles. The average Bonchev–Trinajstić information content (AvgIpc) is 3.87. The number of anilines is 2. The quantitative estimate of drug-likeness (QED) is 0.0721. The Morgan fingerprint density at radius 1 is 0.830 bits per heavy atom. The van der Waals surface area contributed by atoms with Crippen LogP contribution in [0.3, 0.4) is 0 Å². The maximum atomic E-state index is 9.86. The van der Waals surface area contributed by atoms with E-state index in [9.17, 15) is 19.6 Å². The summed E-state index contributed by atoms with van der Waals surface area (Å²) in [5.74, 6) is 0.540. The van der Waals surface area contributed by atoms with E-state index in [-0.39, 0.29) is 93.3 Å². The molecular weight excluding hydrogens is 780 g/mol. The average molecular weight is 815 g/mol. The largest absolute Gasteiger partial charge is 1.00 e. The van der Waals surface area contributed by atoms with Crippen molar-refractivity contribution in [3.63, 3.8) is 0 Å². The molecule has 21 nitrogen and oxygen atoms in total. The van der Waals surface area contributed by atoms with Crippen molar-refractivity contribution >= 4 is 62.1 Å². The minimum absolute atomic E-state index is 0. The van der Waals surface area contributed by atoms with Crippen LogP contribution >= 0.6 is 28.1 Å². The van der Waals surface area contributed by atoms with Gasteiger partial charge in [0.25, 0.3) is 0 Å². The molecule has 0 radical (unpaired) electrons. The second-order valence-corrected chi connectivity index (χ2v) is 15.6. The molecule has 2 unspecified atom stereocenters. The third-order valence-electron chi connectivity index (χ3n) is 8.46. The van der Waals surface area contributed by atoms with E-state index in [0.717, 1.165) is 4.90 Å². The number of ether oxygens (including phenoxy) is 3. The van der Waals surface area contributed by atoms with Crippen molar-refractivity contribution in [1.82, 2.24) is 39.0 Å². The molecule has 5 aromatic rings. The minimum Gasteiger partial charge on any atom is -1.00 e. The topological polar surface area (TPSA) is 285 Å². The van der Waals surface area contributed by atoms with Gasteiger partial charge in [0.15, 0.2) is 45.9 Å². The maximum Gasteiger partial charge on any atom is 1.00 e. The number of nitrogen functional groups attached to an aromatic ring is 2. The monoisotopic (exact) mass is 814 g/mol. The number of nitrogens with zero attached hydrogens (tertiary/aromatic N) is 8. The normalized spacial score (nSPS) is 28.3. The number of rotatable bonds is 5. The Balaban J connectivity index is 0.000000240. The van der Waals surface area contributed by atoms with Crippen LogP contribution in [0.1, 0.15) is 21.7 Å². The standard InChI is InChI=1S/C17H19N5O6PS.C10H13N5O5P.2Na.2H/c1-25-13-12-10(7-26-29(23,24)28-12)27-16(13)22-15-11(14(18)19-8-20-15)21-17(22)30-9-5-3-2-4-6-9;11-9-8-10(13-3-12-9)15(4-14-8)7-1-5-6(19-7)2-18-21(16,17)20-5;;;;/h2-6,8,10,12-13,16,23-24H,7H2,1H3,(H2,18,19,20);3-7,16-17H,1-2H2,(H2,11,12,13);;;;/q4*+1;2*-1/t10-,12-,13?,16-;5-,6+,7?;;;;/m10..../s1. The van der Waals surface area contributed by atoms with Crippen LogP contribution < -0.4 is 70.6 Å². The Bertz CT molecular complexity index is 2070. The molecule has 1 aromatic carbocycles. The zero-order valence-electron chi connectivity index (χ0n) is 30.5. The van der Waals surface area contributed by atoms with Crippen LogP contribution in [0.4, 0.5) is 11.6 Å².